The minimum atomic E-state index is -0.338. The van der Waals surface area contributed by atoms with E-state index in [1.54, 1.807) is 0 Å². The number of piperidine rings is 1. The Morgan fingerprint density at radius 3 is 2.41 bits per heavy atom. The number of hydrogen-bond donors (Lipinski definition) is 0. The van der Waals surface area contributed by atoms with Gasteiger partial charge in [0.25, 0.3) is 0 Å². The Balaban J connectivity index is 2.38. The van der Waals surface area contributed by atoms with Crippen LogP contribution in [-0.2, 0) is 10.2 Å². The molecule has 0 aliphatic carbocycles. The van der Waals surface area contributed by atoms with Gasteiger partial charge in [0.2, 0.25) is 0 Å². The predicted octanol–water partition coefficient (Wildman–Crippen LogP) is 2.41. The number of rotatable bonds is 3. The van der Waals surface area contributed by atoms with Gasteiger partial charge in [-0.1, -0.05) is 36.9 Å². The molecule has 0 saturated carbocycles. The average molecular weight is 229 g/mol. The van der Waals surface area contributed by atoms with Crippen LogP contribution in [0.15, 0.2) is 43.0 Å². The number of likely N-dealkylation sites (tertiary alicyclic amines) is 1. The highest BCUT2D eigenvalue weighted by Crippen LogP contribution is 2.36. The maximum Gasteiger partial charge on any atom is 0.165 e. The molecule has 1 saturated heterocycles. The first-order valence-electron chi connectivity index (χ1n) is 6.10. The number of ketones is 1. The van der Waals surface area contributed by atoms with Crippen LogP contribution in [-0.4, -0.2) is 30.8 Å². The molecule has 1 heterocycles. The molecule has 1 aromatic carbocycles. The van der Waals surface area contributed by atoms with Crippen LogP contribution in [0.1, 0.15) is 18.4 Å². The maximum atomic E-state index is 12.3. The Bertz CT molecular complexity index is 402. The van der Waals surface area contributed by atoms with Crippen molar-refractivity contribution in [3.05, 3.63) is 48.6 Å². The van der Waals surface area contributed by atoms with Crippen LogP contribution < -0.4 is 0 Å². The van der Waals surface area contributed by atoms with E-state index in [-0.39, 0.29) is 11.2 Å². The number of carbonyl (C=O) groups is 1. The summed E-state index contributed by atoms with van der Waals surface area (Å²) in [5, 5.41) is 0. The van der Waals surface area contributed by atoms with Gasteiger partial charge in [0.1, 0.15) is 0 Å². The molecule has 17 heavy (non-hydrogen) atoms. The minimum absolute atomic E-state index is 0.164. The van der Waals surface area contributed by atoms with Crippen LogP contribution in [0, 0.1) is 0 Å². The van der Waals surface area contributed by atoms with Crippen molar-refractivity contribution in [3.8, 4) is 0 Å². The van der Waals surface area contributed by atoms with Crippen LogP contribution >= 0.6 is 0 Å². The van der Waals surface area contributed by atoms with Crippen molar-refractivity contribution >= 4 is 5.78 Å². The van der Waals surface area contributed by atoms with Crippen molar-refractivity contribution in [1.82, 2.24) is 4.90 Å². The van der Waals surface area contributed by atoms with Gasteiger partial charge in [0, 0.05) is 0 Å². The zero-order valence-electron chi connectivity index (χ0n) is 10.4. The third-order valence-electron chi connectivity index (χ3n) is 3.82. The summed E-state index contributed by atoms with van der Waals surface area (Å²) in [6.45, 7) is 5.60. The van der Waals surface area contributed by atoms with E-state index < -0.39 is 0 Å². The Morgan fingerprint density at radius 1 is 1.29 bits per heavy atom. The molecule has 1 aliphatic heterocycles. The van der Waals surface area contributed by atoms with Gasteiger partial charge in [0.15, 0.2) is 5.78 Å². The van der Waals surface area contributed by atoms with E-state index in [1.165, 1.54) is 6.08 Å². The van der Waals surface area contributed by atoms with E-state index in [2.05, 4.69) is 30.7 Å². The van der Waals surface area contributed by atoms with Gasteiger partial charge in [-0.05, 0) is 44.6 Å². The lowest BCUT2D eigenvalue weighted by molar-refractivity contribution is -0.121. The van der Waals surface area contributed by atoms with Crippen molar-refractivity contribution < 1.29 is 4.79 Å². The highest BCUT2D eigenvalue weighted by atomic mass is 16.1. The summed E-state index contributed by atoms with van der Waals surface area (Å²) in [4.78, 5) is 14.5. The second-order valence-corrected chi connectivity index (χ2v) is 4.82. The van der Waals surface area contributed by atoms with Gasteiger partial charge in [0.05, 0.1) is 5.41 Å². The Kier molecular flexibility index (Phi) is 3.43. The van der Waals surface area contributed by atoms with Gasteiger partial charge in [-0.3, -0.25) is 4.79 Å². The van der Waals surface area contributed by atoms with Crippen LogP contribution in [0.3, 0.4) is 0 Å². The number of carbonyl (C=O) groups excluding carboxylic acids is 1. The molecule has 0 amide bonds. The first kappa shape index (κ1) is 12.1. The fourth-order valence-electron chi connectivity index (χ4n) is 2.63. The van der Waals surface area contributed by atoms with Gasteiger partial charge < -0.3 is 4.90 Å². The number of allylic oxidation sites excluding steroid dienone is 1. The van der Waals surface area contributed by atoms with Gasteiger partial charge in [-0.15, -0.1) is 0 Å². The molecule has 0 N–H and O–H groups in total. The molecule has 2 heteroatoms. The highest BCUT2D eigenvalue weighted by molar-refractivity contribution is 5.98. The second-order valence-electron chi connectivity index (χ2n) is 4.82. The van der Waals surface area contributed by atoms with Crippen LogP contribution in [0.2, 0.25) is 0 Å². The summed E-state index contributed by atoms with van der Waals surface area (Å²) in [7, 11) is 2.10. The summed E-state index contributed by atoms with van der Waals surface area (Å²) in [6, 6.07) is 10.1. The Hall–Kier alpha value is -1.41. The molecule has 0 unspecified atom stereocenters. The molecule has 2 nitrogen and oxygen atoms in total. The quantitative estimate of drug-likeness (QED) is 0.742. The highest BCUT2D eigenvalue weighted by Gasteiger charge is 2.40. The molecule has 0 spiro atoms. The lowest BCUT2D eigenvalue weighted by Gasteiger charge is -2.39. The first-order valence-corrected chi connectivity index (χ1v) is 6.10. The summed E-state index contributed by atoms with van der Waals surface area (Å²) in [5.41, 5.74) is 0.799. The molecule has 90 valence electrons. The van der Waals surface area contributed by atoms with Crippen molar-refractivity contribution in [2.24, 2.45) is 0 Å². The summed E-state index contributed by atoms with van der Waals surface area (Å²) >= 11 is 0. The molecule has 1 fully saturated rings. The molecule has 1 aliphatic rings. The molecule has 0 atom stereocenters. The van der Waals surface area contributed by atoms with E-state index in [0.717, 1.165) is 31.5 Å². The van der Waals surface area contributed by atoms with E-state index in [0.29, 0.717) is 0 Å². The number of hydrogen-bond acceptors (Lipinski definition) is 2. The zero-order chi connectivity index (χ0) is 12.3. The lowest BCUT2D eigenvalue weighted by atomic mass is 9.70. The van der Waals surface area contributed by atoms with E-state index >= 15 is 0 Å². The topological polar surface area (TPSA) is 20.3 Å². The molecular formula is C15H19NO. The fraction of sp³-hybridized carbons (Fsp3) is 0.400. The number of benzene rings is 1. The lowest BCUT2D eigenvalue weighted by Crippen LogP contribution is -2.45. The summed E-state index contributed by atoms with van der Waals surface area (Å²) in [5.74, 6) is 0.164. The smallest absolute Gasteiger partial charge is 0.165 e. The van der Waals surface area contributed by atoms with Crippen molar-refractivity contribution in [1.29, 1.82) is 0 Å². The summed E-state index contributed by atoms with van der Waals surface area (Å²) < 4.78 is 0. The monoisotopic (exact) mass is 229 g/mol. The van der Waals surface area contributed by atoms with Gasteiger partial charge in [-0.2, -0.15) is 0 Å². The first-order chi connectivity index (χ1) is 8.19. The third kappa shape index (κ3) is 2.18. The van der Waals surface area contributed by atoms with E-state index in [9.17, 15) is 4.79 Å². The largest absolute Gasteiger partial charge is 0.306 e. The maximum absolute atomic E-state index is 12.3. The molecule has 0 aromatic heterocycles. The molecule has 0 radical (unpaired) electrons. The van der Waals surface area contributed by atoms with Crippen molar-refractivity contribution in [3.63, 3.8) is 0 Å². The SMILES string of the molecule is C=CC(=O)C1(c2ccccc2)CCN(C)CC1. The predicted molar refractivity (Wildman–Crippen MR) is 70.1 cm³/mol. The van der Waals surface area contributed by atoms with Crippen LogP contribution in [0.25, 0.3) is 0 Å². The van der Waals surface area contributed by atoms with Gasteiger partial charge in [-0.25, -0.2) is 0 Å². The normalized spacial score (nSPS) is 19.8. The van der Waals surface area contributed by atoms with Crippen LogP contribution in [0.4, 0.5) is 0 Å². The molecule has 0 bridgehead atoms. The van der Waals surface area contributed by atoms with Crippen molar-refractivity contribution in [2.75, 3.05) is 20.1 Å². The Morgan fingerprint density at radius 2 is 1.88 bits per heavy atom. The molecular weight excluding hydrogens is 210 g/mol. The minimum Gasteiger partial charge on any atom is -0.306 e. The Labute approximate surface area is 103 Å². The molecule has 1 aromatic rings. The van der Waals surface area contributed by atoms with E-state index in [1.807, 2.05) is 18.2 Å². The second kappa shape index (κ2) is 4.84. The van der Waals surface area contributed by atoms with Gasteiger partial charge >= 0.3 is 0 Å². The third-order valence-corrected chi connectivity index (χ3v) is 3.82. The standard InChI is InChI=1S/C15H19NO/c1-3-14(17)15(9-11-16(2)12-10-15)13-7-5-4-6-8-13/h3-8H,1,9-12H2,2H3. The average Bonchev–Trinajstić information content (AvgIpc) is 2.40. The van der Waals surface area contributed by atoms with Crippen LogP contribution in [0.5, 0.6) is 0 Å². The van der Waals surface area contributed by atoms with Crippen molar-refractivity contribution in [2.45, 2.75) is 18.3 Å². The summed E-state index contributed by atoms with van der Waals surface area (Å²) in [6.07, 6.45) is 3.26. The fourth-order valence-corrected chi connectivity index (χ4v) is 2.63. The zero-order valence-corrected chi connectivity index (χ0v) is 10.4. The van der Waals surface area contributed by atoms with E-state index in [4.69, 9.17) is 0 Å². The number of nitrogens with zero attached hydrogens (tertiary/aromatic N) is 1. The molecule has 2 rings (SSSR count).